The predicted octanol–water partition coefficient (Wildman–Crippen LogP) is 0.783. The van der Waals surface area contributed by atoms with E-state index in [0.717, 1.165) is 19.3 Å². The Morgan fingerprint density at radius 1 is 1.62 bits per heavy atom. The van der Waals surface area contributed by atoms with E-state index in [1.165, 1.54) is 7.11 Å². The van der Waals surface area contributed by atoms with Crippen LogP contribution in [-0.2, 0) is 9.53 Å². The lowest BCUT2D eigenvalue weighted by molar-refractivity contribution is -0.163. The molecule has 2 bridgehead atoms. The summed E-state index contributed by atoms with van der Waals surface area (Å²) in [5.74, 6) is -0.646. The van der Waals surface area contributed by atoms with Crippen LogP contribution in [-0.4, -0.2) is 47.8 Å². The third-order valence-electron chi connectivity index (χ3n) is 4.71. The molecule has 4 unspecified atom stereocenters. The minimum atomic E-state index is -0.545. The molecule has 2 rings (SSSR count). The summed E-state index contributed by atoms with van der Waals surface area (Å²) in [7, 11) is 3.47. The zero-order chi connectivity index (χ0) is 11.9. The van der Waals surface area contributed by atoms with Gasteiger partial charge in [-0.15, -0.1) is 0 Å². The van der Waals surface area contributed by atoms with Crippen molar-refractivity contribution in [2.45, 2.75) is 50.3 Å². The summed E-state index contributed by atoms with van der Waals surface area (Å²) in [5, 5.41) is 10.1. The summed E-state index contributed by atoms with van der Waals surface area (Å²) in [6.07, 6.45) is 3.10. The highest BCUT2D eigenvalue weighted by atomic mass is 16.5. The van der Waals surface area contributed by atoms with E-state index in [4.69, 9.17) is 4.74 Å². The van der Waals surface area contributed by atoms with Crippen molar-refractivity contribution >= 4 is 5.97 Å². The Labute approximate surface area is 96.6 Å². The van der Waals surface area contributed by atoms with E-state index in [2.05, 4.69) is 18.9 Å². The molecule has 0 saturated carbocycles. The van der Waals surface area contributed by atoms with Gasteiger partial charge in [0, 0.05) is 11.6 Å². The molecule has 16 heavy (non-hydrogen) atoms. The number of rotatable bonds is 2. The molecule has 92 valence electrons. The molecular weight excluding hydrogens is 206 g/mol. The number of esters is 1. The van der Waals surface area contributed by atoms with Gasteiger partial charge in [-0.25, -0.2) is 0 Å². The molecule has 4 atom stereocenters. The van der Waals surface area contributed by atoms with E-state index < -0.39 is 6.10 Å². The highest BCUT2D eigenvalue weighted by molar-refractivity contribution is 5.75. The molecule has 0 aromatic heterocycles. The molecule has 2 heterocycles. The van der Waals surface area contributed by atoms with Crippen molar-refractivity contribution < 1.29 is 14.6 Å². The number of methoxy groups -OCH3 is 1. The van der Waals surface area contributed by atoms with Gasteiger partial charge >= 0.3 is 5.97 Å². The molecule has 2 fully saturated rings. The minimum absolute atomic E-state index is 0.185. The van der Waals surface area contributed by atoms with Crippen LogP contribution < -0.4 is 0 Å². The molecule has 0 aliphatic carbocycles. The number of aliphatic hydroxyl groups is 1. The monoisotopic (exact) mass is 227 g/mol. The molecule has 0 spiro atoms. The fourth-order valence-electron chi connectivity index (χ4n) is 3.72. The second-order valence-corrected chi connectivity index (χ2v) is 5.06. The first-order valence-electron chi connectivity index (χ1n) is 6.05. The molecule has 2 saturated heterocycles. The first kappa shape index (κ1) is 11.9. The van der Waals surface area contributed by atoms with Crippen molar-refractivity contribution in [1.82, 2.24) is 4.90 Å². The van der Waals surface area contributed by atoms with Gasteiger partial charge in [-0.2, -0.15) is 0 Å². The van der Waals surface area contributed by atoms with Gasteiger partial charge in [-0.05, 0) is 32.7 Å². The van der Waals surface area contributed by atoms with E-state index in [1.807, 2.05) is 0 Å². The number of carbonyl (C=O) groups excluding carboxylic acids is 1. The zero-order valence-corrected chi connectivity index (χ0v) is 10.3. The molecule has 4 heteroatoms. The number of hydrogen-bond donors (Lipinski definition) is 1. The van der Waals surface area contributed by atoms with Gasteiger partial charge in [-0.1, -0.05) is 6.92 Å². The number of aliphatic hydroxyl groups excluding tert-OH is 1. The van der Waals surface area contributed by atoms with Gasteiger partial charge in [0.25, 0.3) is 0 Å². The van der Waals surface area contributed by atoms with Crippen LogP contribution in [0.25, 0.3) is 0 Å². The second-order valence-electron chi connectivity index (χ2n) is 5.06. The number of nitrogens with zero attached hydrogens (tertiary/aromatic N) is 1. The van der Waals surface area contributed by atoms with E-state index in [-0.39, 0.29) is 17.4 Å². The molecule has 0 aromatic carbocycles. The molecular formula is C12H21NO3. The fraction of sp³-hybridized carbons (Fsp3) is 0.917. The van der Waals surface area contributed by atoms with Crippen molar-refractivity contribution in [3.8, 4) is 0 Å². The topological polar surface area (TPSA) is 49.8 Å². The van der Waals surface area contributed by atoms with Crippen molar-refractivity contribution in [3.63, 3.8) is 0 Å². The van der Waals surface area contributed by atoms with Crippen LogP contribution in [0.2, 0.25) is 0 Å². The quantitative estimate of drug-likeness (QED) is 0.708. The van der Waals surface area contributed by atoms with Crippen molar-refractivity contribution in [2.75, 3.05) is 14.2 Å². The Morgan fingerprint density at radius 3 is 2.88 bits per heavy atom. The van der Waals surface area contributed by atoms with Crippen LogP contribution in [0.3, 0.4) is 0 Å². The maximum absolute atomic E-state index is 11.9. The Morgan fingerprint density at radius 2 is 2.31 bits per heavy atom. The molecule has 0 radical (unpaired) electrons. The van der Waals surface area contributed by atoms with Crippen molar-refractivity contribution in [3.05, 3.63) is 0 Å². The predicted molar refractivity (Wildman–Crippen MR) is 59.9 cm³/mol. The average Bonchev–Trinajstić information content (AvgIpc) is 2.49. The van der Waals surface area contributed by atoms with Crippen LogP contribution in [0.1, 0.15) is 32.6 Å². The van der Waals surface area contributed by atoms with E-state index in [9.17, 15) is 9.90 Å². The Hall–Kier alpha value is -0.610. The number of fused-ring (bicyclic) bond motifs is 2. The van der Waals surface area contributed by atoms with Crippen LogP contribution in [0.4, 0.5) is 0 Å². The standard InChI is InChI=1S/C12H21NO3/c1-4-12-6-5-8(13(12)2)7-9(14)10(12)11(15)16-3/h8-10,14H,4-7H2,1-3H3. The van der Waals surface area contributed by atoms with Gasteiger partial charge in [-0.3, -0.25) is 9.69 Å². The van der Waals surface area contributed by atoms with Gasteiger partial charge in [0.15, 0.2) is 0 Å². The van der Waals surface area contributed by atoms with Gasteiger partial charge in [0.05, 0.1) is 13.2 Å². The zero-order valence-electron chi connectivity index (χ0n) is 10.3. The normalized spacial score (nSPS) is 43.4. The third kappa shape index (κ3) is 1.39. The summed E-state index contributed by atoms with van der Waals surface area (Å²) in [4.78, 5) is 14.2. The first-order chi connectivity index (χ1) is 7.56. The summed E-state index contributed by atoms with van der Waals surface area (Å²) < 4.78 is 4.86. The number of hydrogen-bond acceptors (Lipinski definition) is 4. The fourth-order valence-corrected chi connectivity index (χ4v) is 3.72. The molecule has 2 aliphatic rings. The lowest BCUT2D eigenvalue weighted by Gasteiger charge is -2.48. The lowest BCUT2D eigenvalue weighted by atomic mass is 9.74. The van der Waals surface area contributed by atoms with Crippen LogP contribution in [0.5, 0.6) is 0 Å². The molecule has 2 aliphatic heterocycles. The van der Waals surface area contributed by atoms with Gasteiger partial charge < -0.3 is 9.84 Å². The largest absolute Gasteiger partial charge is 0.469 e. The van der Waals surface area contributed by atoms with E-state index in [1.54, 1.807) is 0 Å². The molecule has 0 amide bonds. The van der Waals surface area contributed by atoms with Gasteiger partial charge in [0.1, 0.15) is 5.92 Å². The lowest BCUT2D eigenvalue weighted by Crippen LogP contribution is -2.61. The second kappa shape index (κ2) is 4.00. The molecule has 1 N–H and O–H groups in total. The maximum Gasteiger partial charge on any atom is 0.313 e. The van der Waals surface area contributed by atoms with Crippen LogP contribution >= 0.6 is 0 Å². The van der Waals surface area contributed by atoms with E-state index in [0.29, 0.717) is 12.5 Å². The summed E-state index contributed by atoms with van der Waals surface area (Å²) in [6, 6.07) is 0.427. The number of ether oxygens (including phenoxy) is 1. The molecule has 4 nitrogen and oxygen atoms in total. The smallest absolute Gasteiger partial charge is 0.313 e. The highest BCUT2D eigenvalue weighted by Gasteiger charge is 2.58. The summed E-state index contributed by atoms with van der Waals surface area (Å²) in [6.45, 7) is 2.09. The summed E-state index contributed by atoms with van der Waals surface area (Å²) >= 11 is 0. The summed E-state index contributed by atoms with van der Waals surface area (Å²) in [5.41, 5.74) is -0.185. The van der Waals surface area contributed by atoms with E-state index >= 15 is 0 Å². The average molecular weight is 227 g/mol. The van der Waals surface area contributed by atoms with Gasteiger partial charge in [0.2, 0.25) is 0 Å². The first-order valence-corrected chi connectivity index (χ1v) is 6.05. The molecule has 0 aromatic rings. The Bertz CT molecular complexity index is 294. The Balaban J connectivity index is 2.36. The van der Waals surface area contributed by atoms with Crippen LogP contribution in [0.15, 0.2) is 0 Å². The maximum atomic E-state index is 11.9. The van der Waals surface area contributed by atoms with Crippen molar-refractivity contribution in [1.29, 1.82) is 0 Å². The van der Waals surface area contributed by atoms with Crippen molar-refractivity contribution in [2.24, 2.45) is 5.92 Å². The highest BCUT2D eigenvalue weighted by Crippen LogP contribution is 2.48. The number of carbonyl (C=O) groups is 1. The minimum Gasteiger partial charge on any atom is -0.469 e. The van der Waals surface area contributed by atoms with Crippen LogP contribution in [0, 0.1) is 5.92 Å². The SMILES string of the molecule is CCC12CCC(CC(O)C1C(=O)OC)N2C. The Kier molecular flexibility index (Phi) is 2.97. The third-order valence-corrected chi connectivity index (χ3v) is 4.71. The number of piperidine rings is 1.